The van der Waals surface area contributed by atoms with Crippen LogP contribution in [0.4, 0.5) is 8.78 Å². The third-order valence-corrected chi connectivity index (χ3v) is 6.72. The molecular formula is C24H29F2N5O. The van der Waals surface area contributed by atoms with Gasteiger partial charge in [0.15, 0.2) is 17.5 Å². The Bertz CT molecular complexity index is 1090. The number of piperazine rings is 1. The normalized spacial score (nSPS) is 24.9. The lowest BCUT2D eigenvalue weighted by molar-refractivity contribution is -0.143. The number of allylic oxidation sites excluding steroid dienone is 1. The summed E-state index contributed by atoms with van der Waals surface area (Å²) in [4.78, 5) is 26.5. The second-order valence-corrected chi connectivity index (χ2v) is 8.38. The van der Waals surface area contributed by atoms with Gasteiger partial charge < -0.3 is 14.4 Å². The molecule has 2 aromatic rings. The van der Waals surface area contributed by atoms with Gasteiger partial charge in [0.05, 0.1) is 11.3 Å². The van der Waals surface area contributed by atoms with E-state index in [0.717, 1.165) is 43.4 Å². The Hall–Kier alpha value is -3.03. The number of rotatable bonds is 4. The van der Waals surface area contributed by atoms with Crippen LogP contribution in [0.25, 0.3) is 11.4 Å². The summed E-state index contributed by atoms with van der Waals surface area (Å²) in [6.07, 6.45) is 8.21. The van der Waals surface area contributed by atoms with Crippen LogP contribution in [0.2, 0.25) is 0 Å². The summed E-state index contributed by atoms with van der Waals surface area (Å²) in [5.41, 5.74) is 0.251. The molecular weight excluding hydrogens is 412 g/mol. The van der Waals surface area contributed by atoms with Crippen LogP contribution in [-0.4, -0.2) is 50.2 Å². The maximum Gasteiger partial charge on any atom is 0.252 e. The summed E-state index contributed by atoms with van der Waals surface area (Å²) in [6, 6.07) is 4.06. The fourth-order valence-corrected chi connectivity index (χ4v) is 4.99. The first-order valence-corrected chi connectivity index (χ1v) is 11.1. The summed E-state index contributed by atoms with van der Waals surface area (Å²) in [5.74, 6) is -0.687. The molecule has 32 heavy (non-hydrogen) atoms. The number of carbonyl (C=O) groups is 1. The van der Waals surface area contributed by atoms with E-state index in [-0.39, 0.29) is 11.5 Å². The number of imidazole rings is 1. The van der Waals surface area contributed by atoms with Crippen LogP contribution >= 0.6 is 0 Å². The van der Waals surface area contributed by atoms with E-state index in [0.29, 0.717) is 12.2 Å². The van der Waals surface area contributed by atoms with E-state index in [1.165, 1.54) is 12.1 Å². The molecule has 0 aliphatic carbocycles. The molecule has 6 nitrogen and oxygen atoms in total. The van der Waals surface area contributed by atoms with E-state index >= 15 is 0 Å². The van der Waals surface area contributed by atoms with Crippen LogP contribution in [0.5, 0.6) is 0 Å². The van der Waals surface area contributed by atoms with E-state index in [2.05, 4.69) is 9.88 Å². The molecule has 2 fully saturated rings. The zero-order valence-electron chi connectivity index (χ0n) is 19.0. The second-order valence-electron chi connectivity index (χ2n) is 8.38. The van der Waals surface area contributed by atoms with Gasteiger partial charge >= 0.3 is 0 Å². The molecule has 1 amide bonds. The van der Waals surface area contributed by atoms with Crippen LogP contribution < -0.4 is 0 Å². The molecule has 170 valence electrons. The molecule has 4 rings (SSSR count). The maximum atomic E-state index is 14.5. The Labute approximate surface area is 187 Å². The Kier molecular flexibility index (Phi) is 5.88. The highest BCUT2D eigenvalue weighted by atomic mass is 19.2. The van der Waals surface area contributed by atoms with E-state index in [9.17, 15) is 13.6 Å². The van der Waals surface area contributed by atoms with Gasteiger partial charge in [0.25, 0.3) is 5.91 Å². The van der Waals surface area contributed by atoms with Gasteiger partial charge in [-0.05, 0) is 51.7 Å². The zero-order chi connectivity index (χ0) is 23.0. The molecule has 2 aliphatic rings. The first-order valence-electron chi connectivity index (χ1n) is 11.1. The molecule has 0 bridgehead atoms. The molecule has 2 atom stereocenters. The summed E-state index contributed by atoms with van der Waals surface area (Å²) < 4.78 is 30.0. The molecule has 0 spiro atoms. The lowest BCUT2D eigenvalue weighted by Gasteiger charge is -2.53. The molecule has 1 aromatic heterocycles. The topological polar surface area (TPSA) is 53.7 Å². The summed E-state index contributed by atoms with van der Waals surface area (Å²) in [5, 5.41) is 0. The van der Waals surface area contributed by atoms with Crippen molar-refractivity contribution in [3.63, 3.8) is 0 Å². The lowest BCUT2D eigenvalue weighted by atomic mass is 9.80. The van der Waals surface area contributed by atoms with Crippen LogP contribution in [-0.2, 0) is 4.79 Å². The highest BCUT2D eigenvalue weighted by Crippen LogP contribution is 2.39. The second kappa shape index (κ2) is 8.48. The van der Waals surface area contributed by atoms with Gasteiger partial charge in [0, 0.05) is 26.0 Å². The average Bonchev–Trinajstić information content (AvgIpc) is 3.29. The molecule has 0 saturated carbocycles. The van der Waals surface area contributed by atoms with Crippen molar-refractivity contribution in [1.82, 2.24) is 19.4 Å². The number of hydrogen-bond donors (Lipinski definition) is 0. The smallest absolute Gasteiger partial charge is 0.252 e. The van der Waals surface area contributed by atoms with Gasteiger partial charge in [0.2, 0.25) is 0 Å². The molecule has 0 radical (unpaired) electrons. The Morgan fingerprint density at radius 3 is 2.81 bits per heavy atom. The highest BCUT2D eigenvalue weighted by molar-refractivity contribution is 6.09. The van der Waals surface area contributed by atoms with Crippen molar-refractivity contribution in [1.29, 1.82) is 0 Å². The van der Waals surface area contributed by atoms with Gasteiger partial charge in [0.1, 0.15) is 17.5 Å². The Balaban J connectivity index is 1.80. The lowest BCUT2D eigenvalue weighted by Crippen LogP contribution is -2.67. The molecule has 2 saturated heterocycles. The van der Waals surface area contributed by atoms with Gasteiger partial charge in [-0.15, -0.1) is 0 Å². The number of amides is 1. The quantitative estimate of drug-likeness (QED) is 0.688. The predicted octanol–water partition coefficient (Wildman–Crippen LogP) is 4.76. The standard InChI is InChI=1S/C24H29F2N5O/c1-5-19-22(31-14-8-7-12-24(31,6-2)23(32)29(19)4)28-16(3)30-15-13-27-21(30)17-10-9-11-18(25)20(17)26/h5,9-11,13,15-16H,6-8,12,14H2,1-4H3. The Morgan fingerprint density at radius 1 is 1.31 bits per heavy atom. The van der Waals surface area contributed by atoms with Crippen molar-refractivity contribution in [2.45, 2.75) is 58.2 Å². The van der Waals surface area contributed by atoms with Gasteiger partial charge in [-0.25, -0.2) is 18.8 Å². The summed E-state index contributed by atoms with van der Waals surface area (Å²) in [7, 11) is 1.80. The number of halogens is 2. The minimum absolute atomic E-state index is 0.0881. The van der Waals surface area contributed by atoms with Crippen LogP contribution in [0.3, 0.4) is 0 Å². The fraction of sp³-hybridized carbons (Fsp3) is 0.458. The van der Waals surface area contributed by atoms with Crippen molar-refractivity contribution in [3.8, 4) is 11.4 Å². The van der Waals surface area contributed by atoms with E-state index in [1.54, 1.807) is 28.9 Å². The van der Waals surface area contributed by atoms with Crippen LogP contribution in [0.1, 0.15) is 52.6 Å². The molecule has 1 aromatic carbocycles. The number of piperidine rings is 1. The number of nitrogens with zero attached hydrogens (tertiary/aromatic N) is 5. The monoisotopic (exact) mass is 441 g/mol. The minimum atomic E-state index is -0.932. The Morgan fingerprint density at radius 2 is 2.09 bits per heavy atom. The third kappa shape index (κ3) is 3.32. The van der Waals surface area contributed by atoms with Gasteiger partial charge in [-0.1, -0.05) is 19.1 Å². The van der Waals surface area contributed by atoms with Gasteiger partial charge in [-0.3, -0.25) is 4.79 Å². The molecule has 3 heterocycles. The van der Waals surface area contributed by atoms with Crippen molar-refractivity contribution in [2.24, 2.45) is 4.99 Å². The number of hydrogen-bond acceptors (Lipinski definition) is 3. The van der Waals surface area contributed by atoms with Crippen molar-refractivity contribution in [2.75, 3.05) is 13.6 Å². The number of benzene rings is 1. The molecule has 2 unspecified atom stereocenters. The number of aromatic nitrogens is 2. The van der Waals surface area contributed by atoms with Crippen molar-refractivity contribution < 1.29 is 13.6 Å². The van der Waals surface area contributed by atoms with Gasteiger partial charge in [-0.2, -0.15) is 0 Å². The fourth-order valence-electron chi connectivity index (χ4n) is 4.99. The number of carbonyl (C=O) groups excluding carboxylic acids is 1. The molecule has 0 N–H and O–H groups in total. The number of amidine groups is 1. The van der Waals surface area contributed by atoms with E-state index < -0.39 is 23.3 Å². The zero-order valence-corrected chi connectivity index (χ0v) is 19.0. The SMILES string of the molecule is CC=C1C(=NC(C)n2ccnc2-c2cccc(F)c2F)N2CCCCC2(CC)C(=O)N1C. The summed E-state index contributed by atoms with van der Waals surface area (Å²) in [6.45, 7) is 6.59. The third-order valence-electron chi connectivity index (χ3n) is 6.72. The maximum absolute atomic E-state index is 14.5. The van der Waals surface area contributed by atoms with E-state index in [1.807, 2.05) is 26.8 Å². The molecule has 8 heteroatoms. The van der Waals surface area contributed by atoms with Crippen LogP contribution in [0, 0.1) is 11.6 Å². The van der Waals surface area contributed by atoms with E-state index in [4.69, 9.17) is 4.99 Å². The van der Waals surface area contributed by atoms with Crippen molar-refractivity contribution >= 4 is 11.7 Å². The van der Waals surface area contributed by atoms with Crippen LogP contribution in [0.15, 0.2) is 47.4 Å². The largest absolute Gasteiger partial charge is 0.340 e. The summed E-state index contributed by atoms with van der Waals surface area (Å²) >= 11 is 0. The number of fused-ring (bicyclic) bond motifs is 1. The number of aliphatic imine (C=N–C) groups is 1. The first kappa shape index (κ1) is 22.2. The molecule has 2 aliphatic heterocycles. The first-order chi connectivity index (χ1) is 15.4. The average molecular weight is 442 g/mol. The highest BCUT2D eigenvalue weighted by Gasteiger charge is 2.52. The predicted molar refractivity (Wildman–Crippen MR) is 120 cm³/mol. The van der Waals surface area contributed by atoms with Crippen molar-refractivity contribution in [3.05, 3.63) is 54.0 Å². The number of likely N-dealkylation sites (N-methyl/N-ethyl adjacent to an activating group) is 1. The minimum Gasteiger partial charge on any atom is -0.340 e.